The van der Waals surface area contributed by atoms with E-state index in [1.54, 1.807) is 43.1 Å². The number of oxime groups is 1. The Hall–Kier alpha value is -2.28. The van der Waals surface area contributed by atoms with Gasteiger partial charge in [-0.2, -0.15) is 0 Å². The minimum atomic E-state index is -0.723. The van der Waals surface area contributed by atoms with Gasteiger partial charge in [0.1, 0.15) is 0 Å². The van der Waals surface area contributed by atoms with Gasteiger partial charge in [0.2, 0.25) is 0 Å². The maximum absolute atomic E-state index is 12.6. The van der Waals surface area contributed by atoms with Crippen molar-refractivity contribution in [1.29, 1.82) is 0 Å². The average molecular weight is 409 g/mol. The first-order valence-electron chi connectivity index (χ1n) is 9.53. The van der Waals surface area contributed by atoms with E-state index in [2.05, 4.69) is 15.8 Å². The second kappa shape index (κ2) is 9.78. The van der Waals surface area contributed by atoms with Crippen molar-refractivity contribution in [2.45, 2.75) is 64.5 Å². The summed E-state index contributed by atoms with van der Waals surface area (Å²) in [6.45, 7) is 5.43. The highest BCUT2D eigenvalue weighted by molar-refractivity contribution is 6.30. The lowest BCUT2D eigenvalue weighted by atomic mass is 9.95. The topological polar surface area (TPSA) is 83.0 Å². The first-order chi connectivity index (χ1) is 13.2. The van der Waals surface area contributed by atoms with E-state index in [0.29, 0.717) is 16.4 Å². The minimum Gasteiger partial charge on any atom is -0.335 e. The molecule has 0 heterocycles. The van der Waals surface area contributed by atoms with Gasteiger partial charge in [-0.15, -0.1) is 0 Å². The molecule has 0 radical (unpaired) electrons. The molecule has 1 saturated carbocycles. The molecule has 1 aromatic rings. The summed E-state index contributed by atoms with van der Waals surface area (Å²) in [6, 6.07) is 6.71. The van der Waals surface area contributed by atoms with Crippen LogP contribution in [0.15, 0.2) is 29.4 Å². The van der Waals surface area contributed by atoms with Crippen molar-refractivity contribution < 1.29 is 14.4 Å². The average Bonchev–Trinajstić information content (AvgIpc) is 2.68. The van der Waals surface area contributed by atoms with E-state index in [1.165, 1.54) is 6.42 Å². The number of benzene rings is 1. The lowest BCUT2D eigenvalue weighted by Crippen LogP contribution is -2.55. The molecule has 2 rings (SSSR count). The summed E-state index contributed by atoms with van der Waals surface area (Å²) in [5.74, 6) is 0. The highest BCUT2D eigenvalue weighted by Crippen LogP contribution is 2.20. The molecule has 0 bridgehead atoms. The van der Waals surface area contributed by atoms with E-state index in [9.17, 15) is 9.59 Å². The zero-order chi connectivity index (χ0) is 20.7. The van der Waals surface area contributed by atoms with Gasteiger partial charge in [0, 0.05) is 23.8 Å². The molecule has 2 N–H and O–H groups in total. The first kappa shape index (κ1) is 22.0. The predicted molar refractivity (Wildman–Crippen MR) is 112 cm³/mol. The number of carbonyl (C=O) groups excluding carboxylic acids is 2. The van der Waals surface area contributed by atoms with Crippen LogP contribution in [0.3, 0.4) is 0 Å². The Morgan fingerprint density at radius 2 is 1.79 bits per heavy atom. The van der Waals surface area contributed by atoms with Crippen LogP contribution in [0.1, 0.15) is 52.9 Å². The number of nitrogens with zero attached hydrogens (tertiary/aromatic N) is 2. The summed E-state index contributed by atoms with van der Waals surface area (Å²) in [4.78, 5) is 31.1. The Morgan fingerprint density at radius 3 is 2.39 bits per heavy atom. The molecule has 0 aliphatic heterocycles. The van der Waals surface area contributed by atoms with E-state index < -0.39 is 11.6 Å². The third-order valence-corrected chi connectivity index (χ3v) is 5.57. The summed E-state index contributed by atoms with van der Waals surface area (Å²) in [6.07, 6.45) is 4.84. The highest BCUT2D eigenvalue weighted by atomic mass is 35.5. The number of amides is 3. The molecule has 0 spiro atoms. The molecular formula is C20H29ClN4O3. The monoisotopic (exact) mass is 408 g/mol. The molecule has 0 aromatic heterocycles. The van der Waals surface area contributed by atoms with Crippen LogP contribution in [-0.4, -0.2) is 41.4 Å². The molecule has 154 valence electrons. The van der Waals surface area contributed by atoms with Crippen LogP contribution < -0.4 is 10.6 Å². The van der Waals surface area contributed by atoms with Crippen LogP contribution in [0.2, 0.25) is 5.02 Å². The SMILES string of the molecule is CC(=NOC(=O)Nc1ccc(Cl)cc1)C(C)(C)N(C)C(=O)NC1CCCCC1. The van der Waals surface area contributed by atoms with Gasteiger partial charge >= 0.3 is 12.1 Å². The second-order valence-electron chi connectivity index (χ2n) is 7.59. The number of carbonyl (C=O) groups is 2. The van der Waals surface area contributed by atoms with Crippen molar-refractivity contribution in [3.05, 3.63) is 29.3 Å². The Bertz CT molecular complexity index is 713. The third kappa shape index (κ3) is 6.12. The molecule has 7 nitrogen and oxygen atoms in total. The normalized spacial score (nSPS) is 15.7. The molecule has 8 heteroatoms. The van der Waals surface area contributed by atoms with Crippen molar-refractivity contribution in [2.75, 3.05) is 12.4 Å². The Labute approximate surface area is 171 Å². The van der Waals surface area contributed by atoms with Gasteiger partial charge in [-0.25, -0.2) is 9.59 Å². The molecule has 1 aliphatic rings. The molecule has 1 aromatic carbocycles. The second-order valence-corrected chi connectivity index (χ2v) is 8.03. The fraction of sp³-hybridized carbons (Fsp3) is 0.550. The summed E-state index contributed by atoms with van der Waals surface area (Å²) < 4.78 is 0. The van der Waals surface area contributed by atoms with Crippen LogP contribution in [0.4, 0.5) is 15.3 Å². The fourth-order valence-electron chi connectivity index (χ4n) is 2.91. The zero-order valence-corrected chi connectivity index (χ0v) is 17.7. The van der Waals surface area contributed by atoms with E-state index in [4.69, 9.17) is 16.4 Å². The largest absolute Gasteiger partial charge is 0.437 e. The van der Waals surface area contributed by atoms with Gasteiger partial charge in [-0.05, 0) is 57.9 Å². The first-order valence-corrected chi connectivity index (χ1v) is 9.91. The van der Waals surface area contributed by atoms with Crippen molar-refractivity contribution in [3.63, 3.8) is 0 Å². The van der Waals surface area contributed by atoms with Crippen molar-refractivity contribution >= 4 is 35.1 Å². The molecule has 3 amide bonds. The van der Waals surface area contributed by atoms with Crippen LogP contribution in [0, 0.1) is 0 Å². The van der Waals surface area contributed by atoms with Gasteiger partial charge in [0.15, 0.2) is 0 Å². The van der Waals surface area contributed by atoms with Crippen LogP contribution in [0.5, 0.6) is 0 Å². The molecule has 28 heavy (non-hydrogen) atoms. The summed E-state index contributed by atoms with van der Waals surface area (Å²) in [5.41, 5.74) is 0.324. The smallest absolute Gasteiger partial charge is 0.335 e. The number of urea groups is 1. The van der Waals surface area contributed by atoms with Crippen LogP contribution in [0.25, 0.3) is 0 Å². The highest BCUT2D eigenvalue weighted by Gasteiger charge is 2.32. The summed E-state index contributed by atoms with van der Waals surface area (Å²) in [5, 5.41) is 10.1. The van der Waals surface area contributed by atoms with Gasteiger partial charge in [0.25, 0.3) is 0 Å². The van der Waals surface area contributed by atoms with E-state index in [-0.39, 0.29) is 12.1 Å². The van der Waals surface area contributed by atoms with E-state index >= 15 is 0 Å². The fourth-order valence-corrected chi connectivity index (χ4v) is 3.04. The standard InChI is InChI=1S/C20H29ClN4O3/c1-14(24-28-19(27)23-17-12-10-15(21)11-13-17)20(2,3)25(4)18(26)22-16-8-6-5-7-9-16/h10-13,16H,5-9H2,1-4H3,(H,22,26)(H,23,27). The zero-order valence-electron chi connectivity index (χ0n) is 16.9. The number of halogens is 1. The van der Waals surface area contributed by atoms with Crippen molar-refractivity contribution in [3.8, 4) is 0 Å². The molecule has 1 aliphatic carbocycles. The third-order valence-electron chi connectivity index (χ3n) is 5.32. The molecule has 0 atom stereocenters. The summed E-state index contributed by atoms with van der Waals surface area (Å²) in [7, 11) is 1.71. The minimum absolute atomic E-state index is 0.155. The Balaban J connectivity index is 1.91. The molecular weight excluding hydrogens is 380 g/mol. The van der Waals surface area contributed by atoms with E-state index in [1.807, 2.05) is 13.8 Å². The molecule has 0 unspecified atom stereocenters. The van der Waals surface area contributed by atoms with Crippen LogP contribution in [-0.2, 0) is 4.84 Å². The lowest BCUT2D eigenvalue weighted by molar-refractivity contribution is 0.159. The number of rotatable bonds is 5. The van der Waals surface area contributed by atoms with E-state index in [0.717, 1.165) is 25.7 Å². The maximum Gasteiger partial charge on any atom is 0.437 e. The number of nitrogens with one attached hydrogen (secondary N) is 2. The molecule has 1 fully saturated rings. The number of hydrogen-bond acceptors (Lipinski definition) is 4. The maximum atomic E-state index is 12.6. The van der Waals surface area contributed by atoms with Crippen molar-refractivity contribution in [1.82, 2.24) is 10.2 Å². The predicted octanol–water partition coefficient (Wildman–Crippen LogP) is 5.02. The Kier molecular flexibility index (Phi) is 7.69. The Morgan fingerprint density at radius 1 is 1.18 bits per heavy atom. The number of anilines is 1. The van der Waals surface area contributed by atoms with Crippen LogP contribution >= 0.6 is 11.6 Å². The molecule has 0 saturated heterocycles. The van der Waals surface area contributed by atoms with Gasteiger partial charge < -0.3 is 10.2 Å². The van der Waals surface area contributed by atoms with Gasteiger partial charge in [-0.3, -0.25) is 10.2 Å². The van der Waals surface area contributed by atoms with Gasteiger partial charge in [0.05, 0.1) is 11.3 Å². The summed E-state index contributed by atoms with van der Waals surface area (Å²) >= 11 is 5.81. The number of hydrogen-bond donors (Lipinski definition) is 2. The quantitative estimate of drug-likeness (QED) is 0.407. The van der Waals surface area contributed by atoms with Gasteiger partial charge in [-0.1, -0.05) is 36.0 Å². The van der Waals surface area contributed by atoms with Crippen molar-refractivity contribution in [2.24, 2.45) is 5.16 Å². The lowest BCUT2D eigenvalue weighted by Gasteiger charge is -2.36.